The standard InChI is InChI=1S/C13H15N3O6/c14-13(12(19)20)5-10(11(17)18)15(7-13)6-8-1-3-9(4-2-8)16(21)22/h1-4,10H,5-7,14H2,(H,17,18)(H,19,20)/t10-,13-/m1/s1. The van der Waals surface area contributed by atoms with E-state index in [-0.39, 0.29) is 25.2 Å². The van der Waals surface area contributed by atoms with E-state index in [1.165, 1.54) is 29.2 Å². The molecule has 0 bridgehead atoms. The molecule has 0 amide bonds. The summed E-state index contributed by atoms with van der Waals surface area (Å²) >= 11 is 0. The number of non-ortho nitro benzene ring substituents is 1. The fraction of sp³-hybridized carbons (Fsp3) is 0.385. The maximum atomic E-state index is 11.3. The Labute approximate surface area is 125 Å². The molecule has 1 heterocycles. The van der Waals surface area contributed by atoms with Crippen LogP contribution in [0.25, 0.3) is 0 Å². The van der Waals surface area contributed by atoms with Crippen molar-refractivity contribution in [1.29, 1.82) is 0 Å². The topological polar surface area (TPSA) is 147 Å². The Hall–Kier alpha value is -2.52. The lowest BCUT2D eigenvalue weighted by Crippen LogP contribution is -2.50. The zero-order valence-electron chi connectivity index (χ0n) is 11.5. The Morgan fingerprint density at radius 2 is 1.95 bits per heavy atom. The molecule has 4 N–H and O–H groups in total. The molecule has 22 heavy (non-hydrogen) atoms. The number of nitrogens with two attached hydrogens (primary N) is 1. The molecule has 2 atom stereocenters. The van der Waals surface area contributed by atoms with Crippen molar-refractivity contribution in [2.75, 3.05) is 6.54 Å². The number of aliphatic carboxylic acids is 2. The lowest BCUT2D eigenvalue weighted by Gasteiger charge is -2.21. The van der Waals surface area contributed by atoms with E-state index in [0.717, 1.165) is 0 Å². The Kier molecular flexibility index (Phi) is 4.11. The van der Waals surface area contributed by atoms with Crippen LogP contribution in [-0.4, -0.2) is 50.1 Å². The van der Waals surface area contributed by atoms with Crippen LogP contribution in [-0.2, 0) is 16.1 Å². The number of likely N-dealkylation sites (tertiary alicyclic amines) is 1. The Bertz CT molecular complexity index is 617. The van der Waals surface area contributed by atoms with E-state index in [1.807, 2.05) is 0 Å². The van der Waals surface area contributed by atoms with Crippen LogP contribution in [0.1, 0.15) is 12.0 Å². The normalized spacial score (nSPS) is 25.0. The van der Waals surface area contributed by atoms with Gasteiger partial charge in [0.2, 0.25) is 0 Å². The molecule has 0 aliphatic carbocycles. The van der Waals surface area contributed by atoms with Gasteiger partial charge in [-0.15, -0.1) is 0 Å². The second kappa shape index (κ2) is 5.70. The maximum absolute atomic E-state index is 11.3. The summed E-state index contributed by atoms with van der Waals surface area (Å²) in [6.07, 6.45) is -0.190. The summed E-state index contributed by atoms with van der Waals surface area (Å²) in [4.78, 5) is 34.0. The zero-order valence-corrected chi connectivity index (χ0v) is 11.5. The number of carbonyl (C=O) groups is 2. The predicted molar refractivity (Wildman–Crippen MR) is 74.1 cm³/mol. The predicted octanol–water partition coefficient (Wildman–Crippen LogP) is 0.0358. The molecule has 1 aliphatic heterocycles. The maximum Gasteiger partial charge on any atom is 0.325 e. The van der Waals surface area contributed by atoms with Crippen molar-refractivity contribution in [1.82, 2.24) is 4.90 Å². The van der Waals surface area contributed by atoms with Gasteiger partial charge < -0.3 is 15.9 Å². The van der Waals surface area contributed by atoms with Crippen molar-refractivity contribution in [3.8, 4) is 0 Å². The van der Waals surface area contributed by atoms with E-state index in [0.29, 0.717) is 5.56 Å². The summed E-state index contributed by atoms with van der Waals surface area (Å²) in [6.45, 7) is 0.0531. The molecule has 1 aliphatic rings. The van der Waals surface area contributed by atoms with Gasteiger partial charge in [-0.1, -0.05) is 12.1 Å². The first-order chi connectivity index (χ1) is 10.2. The van der Waals surface area contributed by atoms with Crippen LogP contribution >= 0.6 is 0 Å². The highest BCUT2D eigenvalue weighted by Gasteiger charge is 2.49. The number of nitro benzene ring substituents is 1. The SMILES string of the molecule is N[C@]1(C(=O)O)C[C@H](C(=O)O)N(Cc2ccc([N+](=O)[O-])cc2)C1. The van der Waals surface area contributed by atoms with E-state index in [9.17, 15) is 24.8 Å². The van der Waals surface area contributed by atoms with Gasteiger partial charge in [0, 0.05) is 31.6 Å². The largest absolute Gasteiger partial charge is 0.480 e. The first-order valence-electron chi connectivity index (χ1n) is 6.45. The number of hydrogen-bond acceptors (Lipinski definition) is 6. The number of nitro groups is 1. The van der Waals surface area contributed by atoms with E-state index in [2.05, 4.69) is 0 Å². The first kappa shape index (κ1) is 15.9. The van der Waals surface area contributed by atoms with Crippen molar-refractivity contribution in [2.45, 2.75) is 24.5 Å². The molecule has 118 valence electrons. The summed E-state index contributed by atoms with van der Waals surface area (Å²) in [7, 11) is 0. The fourth-order valence-electron chi connectivity index (χ4n) is 2.53. The van der Waals surface area contributed by atoms with Gasteiger partial charge in [0.1, 0.15) is 11.6 Å². The number of rotatable bonds is 5. The van der Waals surface area contributed by atoms with Crippen LogP contribution in [0.3, 0.4) is 0 Å². The smallest absolute Gasteiger partial charge is 0.325 e. The average molecular weight is 309 g/mol. The molecular formula is C13H15N3O6. The first-order valence-corrected chi connectivity index (χ1v) is 6.45. The average Bonchev–Trinajstić information content (AvgIpc) is 2.78. The van der Waals surface area contributed by atoms with Crippen molar-refractivity contribution in [2.24, 2.45) is 5.73 Å². The summed E-state index contributed by atoms with van der Waals surface area (Å²) in [5, 5.41) is 28.9. The molecule has 1 saturated heterocycles. The molecule has 9 heteroatoms. The lowest BCUT2D eigenvalue weighted by molar-refractivity contribution is -0.384. The molecule has 0 aromatic heterocycles. The third-order valence-electron chi connectivity index (χ3n) is 3.73. The molecule has 9 nitrogen and oxygen atoms in total. The van der Waals surface area contributed by atoms with Gasteiger partial charge in [0.15, 0.2) is 0 Å². The molecule has 0 unspecified atom stereocenters. The van der Waals surface area contributed by atoms with Crippen LogP contribution < -0.4 is 5.73 Å². The third kappa shape index (κ3) is 3.05. The molecule has 1 aromatic rings. The van der Waals surface area contributed by atoms with Crippen LogP contribution in [0, 0.1) is 10.1 Å². The summed E-state index contributed by atoms with van der Waals surface area (Å²) < 4.78 is 0. The van der Waals surface area contributed by atoms with Gasteiger partial charge in [-0.05, 0) is 5.56 Å². The van der Waals surface area contributed by atoms with Gasteiger partial charge in [0.05, 0.1) is 4.92 Å². The van der Waals surface area contributed by atoms with E-state index in [1.54, 1.807) is 0 Å². The lowest BCUT2D eigenvalue weighted by atomic mass is 9.98. The minimum Gasteiger partial charge on any atom is -0.480 e. The monoisotopic (exact) mass is 309 g/mol. The Morgan fingerprint density at radius 3 is 2.41 bits per heavy atom. The highest BCUT2D eigenvalue weighted by atomic mass is 16.6. The number of benzene rings is 1. The molecule has 0 spiro atoms. The van der Waals surface area contributed by atoms with Crippen molar-refractivity contribution < 1.29 is 24.7 Å². The Balaban J connectivity index is 2.17. The molecular weight excluding hydrogens is 294 g/mol. The van der Waals surface area contributed by atoms with Gasteiger partial charge in [-0.25, -0.2) is 0 Å². The summed E-state index contributed by atoms with van der Waals surface area (Å²) in [5.74, 6) is -2.39. The quantitative estimate of drug-likeness (QED) is 0.510. The van der Waals surface area contributed by atoms with Crippen molar-refractivity contribution in [3.63, 3.8) is 0 Å². The van der Waals surface area contributed by atoms with Crippen molar-refractivity contribution in [3.05, 3.63) is 39.9 Å². The van der Waals surface area contributed by atoms with Crippen LogP contribution in [0.2, 0.25) is 0 Å². The van der Waals surface area contributed by atoms with Gasteiger partial charge in [0.25, 0.3) is 5.69 Å². The third-order valence-corrected chi connectivity index (χ3v) is 3.73. The van der Waals surface area contributed by atoms with E-state index < -0.39 is 28.4 Å². The number of carboxylic acid groups (broad SMARTS) is 2. The van der Waals surface area contributed by atoms with Crippen molar-refractivity contribution >= 4 is 17.6 Å². The molecule has 1 aromatic carbocycles. The Morgan fingerprint density at radius 1 is 1.36 bits per heavy atom. The summed E-state index contributed by atoms with van der Waals surface area (Å²) in [5.41, 5.74) is 4.71. The van der Waals surface area contributed by atoms with Crippen LogP contribution in [0.15, 0.2) is 24.3 Å². The zero-order chi connectivity index (χ0) is 16.5. The summed E-state index contributed by atoms with van der Waals surface area (Å²) in [6, 6.07) is 4.64. The molecule has 0 radical (unpaired) electrons. The minimum absolute atomic E-state index is 0.0707. The second-order valence-corrected chi connectivity index (χ2v) is 5.35. The van der Waals surface area contributed by atoms with E-state index in [4.69, 9.17) is 10.8 Å². The number of nitrogens with zero attached hydrogens (tertiary/aromatic N) is 2. The van der Waals surface area contributed by atoms with Gasteiger partial charge >= 0.3 is 11.9 Å². The van der Waals surface area contributed by atoms with Crippen LogP contribution in [0.4, 0.5) is 5.69 Å². The van der Waals surface area contributed by atoms with Gasteiger partial charge in [-0.2, -0.15) is 0 Å². The second-order valence-electron chi connectivity index (χ2n) is 5.35. The highest BCUT2D eigenvalue weighted by molar-refractivity contribution is 5.83. The molecule has 2 rings (SSSR count). The van der Waals surface area contributed by atoms with E-state index >= 15 is 0 Å². The van der Waals surface area contributed by atoms with Gasteiger partial charge in [-0.3, -0.25) is 24.6 Å². The number of carboxylic acids is 2. The number of hydrogen-bond donors (Lipinski definition) is 3. The minimum atomic E-state index is -1.61. The van der Waals surface area contributed by atoms with Crippen LogP contribution in [0.5, 0.6) is 0 Å². The molecule has 0 saturated carbocycles. The highest BCUT2D eigenvalue weighted by Crippen LogP contribution is 2.28. The fourth-order valence-corrected chi connectivity index (χ4v) is 2.53. The molecule has 1 fully saturated rings.